The van der Waals surface area contributed by atoms with Crippen LogP contribution in [0.5, 0.6) is 0 Å². The summed E-state index contributed by atoms with van der Waals surface area (Å²) in [4.78, 5) is 0. The summed E-state index contributed by atoms with van der Waals surface area (Å²) in [6.07, 6.45) is 0. The second-order valence-corrected chi connectivity index (χ2v) is 0. The van der Waals surface area contributed by atoms with Crippen molar-refractivity contribution in [3.05, 3.63) is 0 Å². The summed E-state index contributed by atoms with van der Waals surface area (Å²) >= 11 is 0. The average molecular weight is 192 g/mol. The topological polar surface area (TPSA) is 0 Å². The van der Waals surface area contributed by atoms with E-state index < -0.39 is 0 Å². The van der Waals surface area contributed by atoms with Crippen LogP contribution in [-0.2, 0) is 21.7 Å². The average Bonchev–Trinajstić information content (AvgIpc) is 0. The molecule has 0 atom stereocenters. The molecule has 0 aromatic heterocycles. The molecule has 0 N–H and O–H groups in total. The van der Waals surface area contributed by atoms with E-state index in [9.17, 15) is 0 Å². The quantitative estimate of drug-likeness (QED) is 0.381. The molecule has 0 saturated carbocycles. The van der Waals surface area contributed by atoms with E-state index in [4.69, 9.17) is 0 Å². The van der Waals surface area contributed by atoms with E-state index in [1.54, 1.807) is 0 Å². The molecule has 8 heteroatoms. The summed E-state index contributed by atoms with van der Waals surface area (Å²) in [7, 11) is 0. The number of hydrogen-bond acceptors (Lipinski definition) is 0. The first-order chi connectivity index (χ1) is 0. The van der Waals surface area contributed by atoms with Gasteiger partial charge in [0.2, 0.25) is 0 Å². The summed E-state index contributed by atoms with van der Waals surface area (Å²) in [5.41, 5.74) is 0. The summed E-state index contributed by atoms with van der Waals surface area (Å²) in [6, 6.07) is 0. The molecule has 0 aromatic carbocycles. The van der Waals surface area contributed by atoms with E-state index in [1.165, 1.54) is 0 Å². The van der Waals surface area contributed by atoms with Gasteiger partial charge >= 0.3 is 29.6 Å². The molecular formula is H7F6NaTi. The van der Waals surface area contributed by atoms with Crippen LogP contribution in [-0.4, -0.2) is 29.6 Å². The zero-order chi connectivity index (χ0) is 0. The van der Waals surface area contributed by atoms with Gasteiger partial charge in [0.05, 0.1) is 0 Å². The zero-order valence-corrected chi connectivity index (χ0v) is 4.51. The van der Waals surface area contributed by atoms with Crippen molar-refractivity contribution >= 4 is 29.6 Å². The standard InChI is InChI=1S/6FH.Na.Ti.H/h6*1H;;;. The predicted octanol–water partition coefficient (Wildman–Crippen LogP) is 0.264. The van der Waals surface area contributed by atoms with Gasteiger partial charge in [0, 0.05) is 21.7 Å². The molecule has 0 aliphatic carbocycles. The molecule has 0 bridgehead atoms. The van der Waals surface area contributed by atoms with E-state index in [0.717, 1.165) is 0 Å². The van der Waals surface area contributed by atoms with E-state index in [0.29, 0.717) is 0 Å². The molecule has 0 saturated heterocycles. The first-order valence-electron chi connectivity index (χ1n) is 0. The van der Waals surface area contributed by atoms with Gasteiger partial charge in [-0.05, 0) is 0 Å². The largest absolute Gasteiger partial charge is 0 e. The first-order valence-corrected chi connectivity index (χ1v) is 0. The minimum absolute atomic E-state index is 0. The molecule has 0 unspecified atom stereocenters. The molecular weight excluding hydrogens is 185 g/mol. The van der Waals surface area contributed by atoms with Gasteiger partial charge in [-0.15, -0.1) is 0 Å². The van der Waals surface area contributed by atoms with Gasteiger partial charge in [-0.1, -0.05) is 0 Å². The van der Waals surface area contributed by atoms with Crippen LogP contribution in [0.15, 0.2) is 0 Å². The first kappa shape index (κ1) is 382. The van der Waals surface area contributed by atoms with Gasteiger partial charge in [-0.3, -0.25) is 28.2 Å². The molecule has 0 aliphatic heterocycles. The third-order valence-electron chi connectivity index (χ3n) is 0. The fraction of sp³-hybridized carbons (Fsp3) is 0. The van der Waals surface area contributed by atoms with Crippen LogP contribution in [0.1, 0.15) is 0 Å². The van der Waals surface area contributed by atoms with Crippen molar-refractivity contribution in [1.29, 1.82) is 0 Å². The van der Waals surface area contributed by atoms with Crippen LogP contribution in [0.25, 0.3) is 0 Å². The second-order valence-electron chi connectivity index (χ2n) is 0. The van der Waals surface area contributed by atoms with Crippen LogP contribution in [0, 0.1) is 0 Å². The maximum absolute atomic E-state index is 0. The summed E-state index contributed by atoms with van der Waals surface area (Å²) in [6.45, 7) is 0. The summed E-state index contributed by atoms with van der Waals surface area (Å²) in [5, 5.41) is 0. The molecule has 0 spiro atoms. The molecule has 0 amide bonds. The Morgan fingerprint density at radius 3 is 0.375 bits per heavy atom. The minimum Gasteiger partial charge on any atom is 0 e. The fourth-order valence-corrected chi connectivity index (χ4v) is 0. The molecule has 0 aromatic rings. The third-order valence-corrected chi connectivity index (χ3v) is 0. The van der Waals surface area contributed by atoms with Gasteiger partial charge in [0.25, 0.3) is 0 Å². The second kappa shape index (κ2) is 263. The van der Waals surface area contributed by atoms with Gasteiger partial charge < -0.3 is 0 Å². The van der Waals surface area contributed by atoms with Crippen molar-refractivity contribution in [1.82, 2.24) is 0 Å². The summed E-state index contributed by atoms with van der Waals surface area (Å²) in [5.74, 6) is 0. The minimum atomic E-state index is 0. The van der Waals surface area contributed by atoms with E-state index in [1.807, 2.05) is 0 Å². The van der Waals surface area contributed by atoms with Crippen LogP contribution < -0.4 is 0 Å². The van der Waals surface area contributed by atoms with Crippen LogP contribution in [0.2, 0.25) is 0 Å². The van der Waals surface area contributed by atoms with Gasteiger partial charge in [-0.2, -0.15) is 0 Å². The van der Waals surface area contributed by atoms with E-state index >= 15 is 0 Å². The van der Waals surface area contributed by atoms with Crippen LogP contribution >= 0.6 is 0 Å². The Hall–Kier alpha value is 1.29. The summed E-state index contributed by atoms with van der Waals surface area (Å²) < 4.78 is 0. The maximum Gasteiger partial charge on any atom is 0 e. The van der Waals surface area contributed by atoms with E-state index in [2.05, 4.69) is 0 Å². The number of halogens is 6. The molecule has 0 heterocycles. The molecule has 0 aliphatic rings. The third kappa shape index (κ3) is 173. The van der Waals surface area contributed by atoms with Gasteiger partial charge in [0.1, 0.15) is 0 Å². The van der Waals surface area contributed by atoms with Crippen LogP contribution in [0.4, 0.5) is 28.2 Å². The Morgan fingerprint density at radius 2 is 0.375 bits per heavy atom. The van der Waals surface area contributed by atoms with Crippen molar-refractivity contribution < 1.29 is 49.9 Å². The van der Waals surface area contributed by atoms with Gasteiger partial charge in [-0.25, -0.2) is 0 Å². The zero-order valence-electron chi connectivity index (χ0n) is 2.95. The van der Waals surface area contributed by atoms with Crippen LogP contribution in [0.3, 0.4) is 0 Å². The maximum atomic E-state index is 0. The van der Waals surface area contributed by atoms with Crippen molar-refractivity contribution in [3.8, 4) is 0 Å². The molecule has 0 nitrogen and oxygen atoms in total. The van der Waals surface area contributed by atoms with Crippen molar-refractivity contribution in [2.75, 3.05) is 0 Å². The van der Waals surface area contributed by atoms with E-state index in [-0.39, 0.29) is 79.5 Å². The Kier molecular flexibility index (Phi) is 12600. The molecule has 0 rings (SSSR count). The fourth-order valence-electron chi connectivity index (χ4n) is 0. The molecule has 8 heavy (non-hydrogen) atoms. The Morgan fingerprint density at radius 1 is 0.375 bits per heavy atom. The molecule has 0 radical (unpaired) electrons. The van der Waals surface area contributed by atoms with Crippen molar-refractivity contribution in [3.63, 3.8) is 0 Å². The van der Waals surface area contributed by atoms with Gasteiger partial charge in [0.15, 0.2) is 0 Å². The normalized spacial score (nSPS) is 0. The van der Waals surface area contributed by atoms with Crippen molar-refractivity contribution in [2.24, 2.45) is 0 Å². The molecule has 0 fully saturated rings. The monoisotopic (exact) mass is 192 g/mol. The SMILES string of the molecule is F.F.F.F.F.F.[NaH].[Ti]. The Labute approximate surface area is 79.2 Å². The predicted molar refractivity (Wildman–Crippen MR) is 22.2 cm³/mol. The smallest absolute Gasteiger partial charge is 0 e. The number of rotatable bonds is 0. The van der Waals surface area contributed by atoms with Crippen molar-refractivity contribution in [2.45, 2.75) is 0 Å². The molecule has 54 valence electrons. The number of hydrogen-bond donors (Lipinski definition) is 0. The Balaban J connectivity index is 0. The Bertz CT molecular complexity index is 8.49.